The van der Waals surface area contributed by atoms with Crippen LogP contribution in [0.4, 0.5) is 5.82 Å². The van der Waals surface area contributed by atoms with Gasteiger partial charge in [-0.15, -0.1) is 0 Å². The Labute approximate surface area is 131 Å². The van der Waals surface area contributed by atoms with Crippen LogP contribution in [0.2, 0.25) is 0 Å². The second kappa shape index (κ2) is 6.31. The summed E-state index contributed by atoms with van der Waals surface area (Å²) in [5, 5.41) is 3.24. The van der Waals surface area contributed by atoms with Gasteiger partial charge in [0.2, 0.25) is 5.91 Å². The summed E-state index contributed by atoms with van der Waals surface area (Å²) in [6, 6.07) is 5.48. The van der Waals surface area contributed by atoms with Gasteiger partial charge in [0.25, 0.3) is 5.56 Å². The minimum atomic E-state index is -0.355. The molecule has 0 aromatic carbocycles. The summed E-state index contributed by atoms with van der Waals surface area (Å²) in [5.74, 6) is 0.715. The number of hydrogen-bond donors (Lipinski definition) is 2. The number of fused-ring (bicyclic) bond motifs is 1. The first-order valence-corrected chi connectivity index (χ1v) is 8.15. The average Bonchev–Trinajstić information content (AvgIpc) is 2.52. The first kappa shape index (κ1) is 14.8. The van der Waals surface area contributed by atoms with E-state index in [9.17, 15) is 9.59 Å². The van der Waals surface area contributed by atoms with Gasteiger partial charge in [-0.2, -0.15) is 0 Å². The zero-order valence-electron chi connectivity index (χ0n) is 12.1. The molecule has 1 unspecified atom stereocenters. The van der Waals surface area contributed by atoms with Crippen LogP contribution in [-0.2, 0) is 4.79 Å². The molecule has 1 aliphatic heterocycles. The van der Waals surface area contributed by atoms with Crippen molar-refractivity contribution in [1.82, 2.24) is 15.0 Å². The van der Waals surface area contributed by atoms with Crippen LogP contribution in [0, 0.1) is 0 Å². The number of rotatable bonds is 4. The number of aromatic nitrogens is 3. The number of aromatic amines is 1. The molecule has 1 aliphatic rings. The first-order chi connectivity index (χ1) is 10.7. The SMILES string of the molecule is CCCSc1nc2c(c(=O)[nH]1)C(c1ccccn1)CC(=O)N2. The van der Waals surface area contributed by atoms with Crippen molar-refractivity contribution in [1.29, 1.82) is 0 Å². The molecule has 114 valence electrons. The number of nitrogens with zero attached hydrogens (tertiary/aromatic N) is 2. The van der Waals surface area contributed by atoms with Crippen molar-refractivity contribution in [3.8, 4) is 0 Å². The number of carbonyl (C=O) groups is 1. The van der Waals surface area contributed by atoms with E-state index in [2.05, 4.69) is 27.2 Å². The minimum Gasteiger partial charge on any atom is -0.310 e. The van der Waals surface area contributed by atoms with Crippen LogP contribution in [-0.4, -0.2) is 26.6 Å². The molecule has 7 heteroatoms. The number of H-pyrrole nitrogens is 1. The highest BCUT2D eigenvalue weighted by Gasteiger charge is 2.31. The lowest BCUT2D eigenvalue weighted by Crippen LogP contribution is -2.31. The second-order valence-corrected chi connectivity index (χ2v) is 6.12. The molecule has 22 heavy (non-hydrogen) atoms. The van der Waals surface area contributed by atoms with E-state index in [0.717, 1.165) is 12.2 Å². The maximum Gasteiger partial charge on any atom is 0.257 e. The molecule has 2 aromatic rings. The molecule has 0 radical (unpaired) electrons. The van der Waals surface area contributed by atoms with Crippen LogP contribution in [0.1, 0.15) is 36.9 Å². The number of pyridine rings is 1. The summed E-state index contributed by atoms with van der Waals surface area (Å²) in [6.07, 6.45) is 2.85. The Bertz CT molecular complexity index is 745. The van der Waals surface area contributed by atoms with Gasteiger partial charge in [-0.3, -0.25) is 14.6 Å². The van der Waals surface area contributed by atoms with Gasteiger partial charge < -0.3 is 10.3 Å². The normalized spacial score (nSPS) is 17.0. The Morgan fingerprint density at radius 2 is 2.23 bits per heavy atom. The van der Waals surface area contributed by atoms with Crippen LogP contribution in [0.25, 0.3) is 0 Å². The molecule has 1 amide bonds. The van der Waals surface area contributed by atoms with Crippen LogP contribution in [0.15, 0.2) is 34.3 Å². The van der Waals surface area contributed by atoms with Crippen molar-refractivity contribution in [3.63, 3.8) is 0 Å². The zero-order chi connectivity index (χ0) is 15.5. The maximum absolute atomic E-state index is 12.5. The number of thioether (sulfide) groups is 1. The molecular formula is C15H16N4O2S. The molecule has 0 fully saturated rings. The van der Waals surface area contributed by atoms with Crippen LogP contribution in [0.5, 0.6) is 0 Å². The summed E-state index contributed by atoms with van der Waals surface area (Å²) in [6.45, 7) is 2.06. The molecular weight excluding hydrogens is 300 g/mol. The molecule has 6 nitrogen and oxygen atoms in total. The van der Waals surface area contributed by atoms with Crippen molar-refractivity contribution < 1.29 is 4.79 Å². The summed E-state index contributed by atoms with van der Waals surface area (Å²) < 4.78 is 0. The number of hydrogen-bond acceptors (Lipinski definition) is 5. The lowest BCUT2D eigenvalue weighted by atomic mass is 9.90. The summed E-state index contributed by atoms with van der Waals surface area (Å²) in [5.41, 5.74) is 0.985. The van der Waals surface area contributed by atoms with Gasteiger partial charge in [-0.1, -0.05) is 24.8 Å². The smallest absolute Gasteiger partial charge is 0.257 e. The fourth-order valence-corrected chi connectivity index (χ4v) is 3.17. The molecule has 0 saturated heterocycles. The van der Waals surface area contributed by atoms with Gasteiger partial charge in [0.15, 0.2) is 5.16 Å². The Hall–Kier alpha value is -2.15. The Kier molecular flexibility index (Phi) is 4.24. The fourth-order valence-electron chi connectivity index (χ4n) is 2.45. The number of carbonyl (C=O) groups excluding carboxylic acids is 1. The lowest BCUT2D eigenvalue weighted by molar-refractivity contribution is -0.116. The van der Waals surface area contributed by atoms with E-state index in [4.69, 9.17) is 0 Å². The molecule has 1 atom stereocenters. The van der Waals surface area contributed by atoms with E-state index in [1.54, 1.807) is 12.3 Å². The van der Waals surface area contributed by atoms with Crippen LogP contribution >= 0.6 is 11.8 Å². The van der Waals surface area contributed by atoms with E-state index in [1.807, 2.05) is 12.1 Å². The highest BCUT2D eigenvalue weighted by Crippen LogP contribution is 2.33. The van der Waals surface area contributed by atoms with Gasteiger partial charge in [-0.05, 0) is 18.6 Å². The molecule has 3 heterocycles. The molecule has 3 rings (SSSR count). The van der Waals surface area contributed by atoms with Gasteiger partial charge in [0.1, 0.15) is 5.82 Å². The molecule has 0 aliphatic carbocycles. The topological polar surface area (TPSA) is 87.7 Å². The third-order valence-corrected chi connectivity index (χ3v) is 4.50. The van der Waals surface area contributed by atoms with Crippen LogP contribution < -0.4 is 10.9 Å². The van der Waals surface area contributed by atoms with Crippen molar-refractivity contribution >= 4 is 23.5 Å². The average molecular weight is 316 g/mol. The summed E-state index contributed by atoms with van der Waals surface area (Å²) in [7, 11) is 0. The monoisotopic (exact) mass is 316 g/mol. The van der Waals surface area contributed by atoms with Gasteiger partial charge in [-0.25, -0.2) is 4.98 Å². The Morgan fingerprint density at radius 1 is 1.36 bits per heavy atom. The van der Waals surface area contributed by atoms with Crippen molar-refractivity contribution in [2.75, 3.05) is 11.1 Å². The van der Waals surface area contributed by atoms with Crippen molar-refractivity contribution in [2.45, 2.75) is 30.8 Å². The Morgan fingerprint density at radius 3 is 2.95 bits per heavy atom. The number of anilines is 1. The van der Waals surface area contributed by atoms with Gasteiger partial charge in [0, 0.05) is 30.0 Å². The Balaban J connectivity index is 2.06. The number of amides is 1. The van der Waals surface area contributed by atoms with E-state index in [0.29, 0.717) is 22.2 Å². The first-order valence-electron chi connectivity index (χ1n) is 7.17. The van der Waals surface area contributed by atoms with E-state index in [1.165, 1.54) is 11.8 Å². The quantitative estimate of drug-likeness (QED) is 0.666. The highest BCUT2D eigenvalue weighted by molar-refractivity contribution is 7.99. The van der Waals surface area contributed by atoms with E-state index >= 15 is 0 Å². The van der Waals surface area contributed by atoms with E-state index in [-0.39, 0.29) is 23.8 Å². The predicted octanol–water partition coefficient (Wildman–Crippen LogP) is 2.14. The third kappa shape index (κ3) is 2.89. The molecule has 2 N–H and O–H groups in total. The summed E-state index contributed by atoms with van der Waals surface area (Å²) >= 11 is 1.47. The molecule has 0 spiro atoms. The predicted molar refractivity (Wildman–Crippen MR) is 85.2 cm³/mol. The van der Waals surface area contributed by atoms with Crippen LogP contribution in [0.3, 0.4) is 0 Å². The standard InChI is InChI=1S/C15H16N4O2S/c1-2-7-22-15-18-13-12(14(21)19-15)9(8-11(20)17-13)10-5-3-4-6-16-10/h3-6,9H,2,7-8H2,1H3,(H2,17,18,19,20,21). The largest absolute Gasteiger partial charge is 0.310 e. The van der Waals surface area contributed by atoms with E-state index < -0.39 is 0 Å². The van der Waals surface area contributed by atoms with Crippen molar-refractivity contribution in [3.05, 3.63) is 46.0 Å². The molecule has 2 aromatic heterocycles. The lowest BCUT2D eigenvalue weighted by Gasteiger charge is -2.23. The third-order valence-electron chi connectivity index (χ3n) is 3.42. The summed E-state index contributed by atoms with van der Waals surface area (Å²) in [4.78, 5) is 35.9. The number of nitrogens with one attached hydrogen (secondary N) is 2. The van der Waals surface area contributed by atoms with Crippen molar-refractivity contribution in [2.24, 2.45) is 0 Å². The van der Waals surface area contributed by atoms with Gasteiger partial charge >= 0.3 is 0 Å². The fraction of sp³-hybridized carbons (Fsp3) is 0.333. The minimum absolute atomic E-state index is 0.146. The highest BCUT2D eigenvalue weighted by atomic mass is 32.2. The molecule has 0 saturated carbocycles. The zero-order valence-corrected chi connectivity index (χ0v) is 12.9. The van der Waals surface area contributed by atoms with Gasteiger partial charge in [0.05, 0.1) is 5.56 Å². The molecule has 0 bridgehead atoms. The maximum atomic E-state index is 12.5. The second-order valence-electron chi connectivity index (χ2n) is 5.04.